The fourth-order valence-corrected chi connectivity index (χ4v) is 3.83. The fourth-order valence-electron chi connectivity index (χ4n) is 3.11. The lowest BCUT2D eigenvalue weighted by Gasteiger charge is -2.29. The Morgan fingerprint density at radius 2 is 1.81 bits per heavy atom. The fraction of sp³-hybridized carbons (Fsp3) is 0.300. The Labute approximate surface area is 158 Å². The first-order valence-corrected chi connectivity index (χ1v) is 10.3. The molecule has 0 radical (unpaired) electrons. The second-order valence-corrected chi connectivity index (χ2v) is 8.07. The van der Waals surface area contributed by atoms with Gasteiger partial charge in [0.05, 0.1) is 11.5 Å². The Bertz CT molecular complexity index is 924. The molecule has 0 saturated heterocycles. The summed E-state index contributed by atoms with van der Waals surface area (Å²) < 4.78 is 54.0. The molecule has 7 heteroatoms. The second-order valence-electron chi connectivity index (χ2n) is 6.15. The number of benzene rings is 2. The number of ether oxygens (including phenoxy) is 1. The maximum atomic E-state index is 12.6. The van der Waals surface area contributed by atoms with Crippen LogP contribution in [0.3, 0.4) is 0 Å². The van der Waals surface area contributed by atoms with Gasteiger partial charge in [0.15, 0.2) is 0 Å². The molecule has 0 aromatic heterocycles. The smallest absolute Gasteiger partial charge is 0.341 e. The number of para-hydroxylation sites is 1. The lowest BCUT2D eigenvalue weighted by atomic mass is 9.98. The van der Waals surface area contributed by atoms with Gasteiger partial charge in [-0.1, -0.05) is 24.3 Å². The third-order valence-corrected chi connectivity index (χ3v) is 5.91. The van der Waals surface area contributed by atoms with Gasteiger partial charge in [0.1, 0.15) is 5.75 Å². The van der Waals surface area contributed by atoms with Crippen molar-refractivity contribution in [3.63, 3.8) is 0 Å². The van der Waals surface area contributed by atoms with Crippen LogP contribution in [-0.4, -0.2) is 33.9 Å². The summed E-state index contributed by atoms with van der Waals surface area (Å²) in [5.41, 5.74) is 3.08. The first-order valence-electron chi connectivity index (χ1n) is 8.71. The molecule has 0 spiro atoms. The molecule has 4 nitrogen and oxygen atoms in total. The molecule has 2 aromatic rings. The third-order valence-electron chi connectivity index (χ3n) is 4.51. The standard InChI is InChI=1S/C20H21F2NO3S/c1-2-26-19-6-4-3-5-18(19)15-11-13-23(14-12-15)16-7-9-17(10-8-16)27(24,25)20(21)22/h3-11,20H,2,12-14H2,1H3. The predicted molar refractivity (Wildman–Crippen MR) is 102 cm³/mol. The molecule has 0 fully saturated rings. The summed E-state index contributed by atoms with van der Waals surface area (Å²) in [4.78, 5) is 1.71. The summed E-state index contributed by atoms with van der Waals surface area (Å²) in [6.07, 6.45) is 2.92. The Morgan fingerprint density at radius 1 is 1.11 bits per heavy atom. The van der Waals surface area contributed by atoms with Crippen LogP contribution >= 0.6 is 0 Å². The maximum Gasteiger partial charge on any atom is 0.341 e. The van der Waals surface area contributed by atoms with E-state index in [0.29, 0.717) is 13.2 Å². The minimum atomic E-state index is -4.56. The van der Waals surface area contributed by atoms with E-state index in [1.165, 1.54) is 17.7 Å². The third kappa shape index (κ3) is 4.13. The number of rotatable bonds is 6. The number of hydrogen-bond donors (Lipinski definition) is 0. The Hall–Kier alpha value is -2.41. The van der Waals surface area contributed by atoms with Crippen LogP contribution in [0.4, 0.5) is 14.5 Å². The number of nitrogens with zero attached hydrogens (tertiary/aromatic N) is 1. The Balaban J connectivity index is 1.76. The topological polar surface area (TPSA) is 46.6 Å². The lowest BCUT2D eigenvalue weighted by molar-refractivity contribution is 0.234. The highest BCUT2D eigenvalue weighted by atomic mass is 32.2. The molecule has 0 atom stereocenters. The molecule has 0 aliphatic carbocycles. The predicted octanol–water partition coefficient (Wildman–Crippen LogP) is 4.38. The van der Waals surface area contributed by atoms with Crippen molar-refractivity contribution in [3.8, 4) is 5.75 Å². The van der Waals surface area contributed by atoms with Gasteiger partial charge in [0.2, 0.25) is 9.84 Å². The summed E-state index contributed by atoms with van der Waals surface area (Å²) >= 11 is 0. The zero-order valence-corrected chi connectivity index (χ0v) is 15.8. The van der Waals surface area contributed by atoms with Crippen LogP contribution in [0.25, 0.3) is 5.57 Å². The average Bonchev–Trinajstić information content (AvgIpc) is 2.69. The molecular weight excluding hydrogens is 372 g/mol. The number of alkyl halides is 2. The molecule has 0 N–H and O–H groups in total. The number of halogens is 2. The summed E-state index contributed by atoms with van der Waals surface area (Å²) in [6.45, 7) is 3.94. The molecule has 2 aromatic carbocycles. The molecule has 3 rings (SSSR count). The van der Waals surface area contributed by atoms with Crippen LogP contribution in [0.1, 0.15) is 18.9 Å². The second kappa shape index (κ2) is 8.08. The Morgan fingerprint density at radius 3 is 2.41 bits per heavy atom. The lowest BCUT2D eigenvalue weighted by Crippen LogP contribution is -2.28. The molecular formula is C20H21F2NO3S. The van der Waals surface area contributed by atoms with Gasteiger partial charge in [0, 0.05) is 24.3 Å². The van der Waals surface area contributed by atoms with Crippen molar-refractivity contribution in [1.82, 2.24) is 0 Å². The number of anilines is 1. The molecule has 0 bridgehead atoms. The highest BCUT2D eigenvalue weighted by molar-refractivity contribution is 7.91. The quantitative estimate of drug-likeness (QED) is 0.731. The first-order chi connectivity index (χ1) is 12.9. The van der Waals surface area contributed by atoms with Crippen molar-refractivity contribution in [1.29, 1.82) is 0 Å². The summed E-state index contributed by atoms with van der Waals surface area (Å²) in [6, 6.07) is 13.5. The van der Waals surface area contributed by atoms with E-state index in [1.54, 1.807) is 12.1 Å². The van der Waals surface area contributed by atoms with Crippen LogP contribution in [0.15, 0.2) is 59.5 Å². The van der Waals surface area contributed by atoms with Crippen LogP contribution in [-0.2, 0) is 9.84 Å². The highest BCUT2D eigenvalue weighted by Gasteiger charge is 2.26. The monoisotopic (exact) mass is 393 g/mol. The molecule has 0 unspecified atom stereocenters. The minimum Gasteiger partial charge on any atom is -0.493 e. The van der Waals surface area contributed by atoms with Crippen LogP contribution in [0, 0.1) is 0 Å². The van der Waals surface area contributed by atoms with Crippen molar-refractivity contribution >= 4 is 21.1 Å². The van der Waals surface area contributed by atoms with E-state index in [2.05, 4.69) is 11.0 Å². The van der Waals surface area contributed by atoms with E-state index in [9.17, 15) is 17.2 Å². The van der Waals surface area contributed by atoms with Gasteiger partial charge in [-0.05, 0) is 49.2 Å². The van der Waals surface area contributed by atoms with Gasteiger partial charge in [-0.15, -0.1) is 0 Å². The largest absolute Gasteiger partial charge is 0.493 e. The zero-order chi connectivity index (χ0) is 19.4. The van der Waals surface area contributed by atoms with Gasteiger partial charge >= 0.3 is 5.76 Å². The molecule has 0 amide bonds. The molecule has 1 aliphatic heterocycles. The highest BCUT2D eigenvalue weighted by Crippen LogP contribution is 2.32. The van der Waals surface area contributed by atoms with Gasteiger partial charge in [-0.2, -0.15) is 8.78 Å². The van der Waals surface area contributed by atoms with Crippen molar-refractivity contribution in [3.05, 3.63) is 60.2 Å². The van der Waals surface area contributed by atoms with Crippen molar-refractivity contribution in [2.75, 3.05) is 24.6 Å². The van der Waals surface area contributed by atoms with E-state index >= 15 is 0 Å². The van der Waals surface area contributed by atoms with E-state index in [4.69, 9.17) is 4.74 Å². The molecule has 1 aliphatic rings. The molecule has 1 heterocycles. The normalized spacial score (nSPS) is 15.0. The number of sulfone groups is 1. The van der Waals surface area contributed by atoms with Crippen LogP contribution in [0.5, 0.6) is 5.75 Å². The van der Waals surface area contributed by atoms with Crippen molar-refractivity contribution in [2.45, 2.75) is 24.0 Å². The van der Waals surface area contributed by atoms with Crippen molar-refractivity contribution in [2.24, 2.45) is 0 Å². The Kier molecular flexibility index (Phi) is 5.79. The van der Waals surface area contributed by atoms with Crippen LogP contribution in [0.2, 0.25) is 0 Å². The van der Waals surface area contributed by atoms with E-state index in [1.807, 2.05) is 31.2 Å². The maximum absolute atomic E-state index is 12.6. The van der Waals surface area contributed by atoms with Crippen molar-refractivity contribution < 1.29 is 21.9 Å². The minimum absolute atomic E-state index is 0.361. The summed E-state index contributed by atoms with van der Waals surface area (Å²) in [7, 11) is -4.56. The molecule has 0 saturated carbocycles. The van der Waals surface area contributed by atoms with Crippen LogP contribution < -0.4 is 9.64 Å². The zero-order valence-electron chi connectivity index (χ0n) is 14.9. The summed E-state index contributed by atoms with van der Waals surface area (Å²) in [5.74, 6) is -2.55. The molecule has 27 heavy (non-hydrogen) atoms. The number of hydrogen-bond acceptors (Lipinski definition) is 4. The average molecular weight is 393 g/mol. The van der Waals surface area contributed by atoms with Gasteiger partial charge < -0.3 is 9.64 Å². The van der Waals surface area contributed by atoms with Gasteiger partial charge in [-0.3, -0.25) is 0 Å². The SMILES string of the molecule is CCOc1ccccc1C1=CCN(c2ccc(S(=O)(=O)C(F)F)cc2)CC1. The van der Waals surface area contributed by atoms with E-state index in [-0.39, 0.29) is 4.90 Å². The molecule has 144 valence electrons. The van der Waals surface area contributed by atoms with E-state index < -0.39 is 15.6 Å². The van der Waals surface area contributed by atoms with Gasteiger partial charge in [-0.25, -0.2) is 8.42 Å². The van der Waals surface area contributed by atoms with Gasteiger partial charge in [0.25, 0.3) is 0 Å². The first kappa shape index (κ1) is 19.4. The van der Waals surface area contributed by atoms with E-state index in [0.717, 1.165) is 30.0 Å². The summed E-state index contributed by atoms with van der Waals surface area (Å²) in [5, 5.41) is 0.